The Morgan fingerprint density at radius 3 is 2.67 bits per heavy atom. The van der Waals surface area contributed by atoms with E-state index in [1.54, 1.807) is 36.7 Å². The Morgan fingerprint density at radius 1 is 1.08 bits per heavy atom. The first-order valence-corrected chi connectivity index (χ1v) is 7.63. The van der Waals surface area contributed by atoms with Crippen molar-refractivity contribution in [3.8, 4) is 28.6 Å². The van der Waals surface area contributed by atoms with E-state index in [4.69, 9.17) is 9.26 Å². The molecule has 3 heterocycles. The van der Waals surface area contributed by atoms with Gasteiger partial charge in [-0.1, -0.05) is 5.16 Å². The smallest absolute Gasteiger partial charge is 0.258 e. The van der Waals surface area contributed by atoms with E-state index >= 15 is 0 Å². The largest absolute Gasteiger partial charge is 0.487 e. The van der Waals surface area contributed by atoms with E-state index in [2.05, 4.69) is 15.1 Å². The van der Waals surface area contributed by atoms with Gasteiger partial charge in [0.05, 0.1) is 12.0 Å². The number of pyridine rings is 1. The topological polar surface area (TPSA) is 78.1 Å². The maximum absolute atomic E-state index is 12.4. The lowest BCUT2D eigenvalue weighted by Gasteiger charge is -2.31. The second kappa shape index (κ2) is 5.26. The van der Waals surface area contributed by atoms with Crippen molar-refractivity contribution >= 4 is 5.78 Å². The van der Waals surface area contributed by atoms with Crippen LogP contribution in [-0.4, -0.2) is 26.5 Å². The molecule has 0 unspecified atom stereocenters. The number of ketones is 1. The number of carbonyl (C=O) groups is 1. The van der Waals surface area contributed by atoms with Crippen molar-refractivity contribution in [2.75, 3.05) is 0 Å². The molecule has 0 aliphatic carbocycles. The van der Waals surface area contributed by atoms with Crippen LogP contribution in [0.1, 0.15) is 30.6 Å². The Balaban J connectivity index is 1.71. The van der Waals surface area contributed by atoms with E-state index in [9.17, 15) is 4.79 Å². The Kier molecular flexibility index (Phi) is 3.19. The molecule has 4 rings (SSSR count). The highest BCUT2D eigenvalue weighted by molar-refractivity contribution is 6.01. The standard InChI is InChI=1S/C18H15N3O3/c1-18(2)10-14(22)13-9-12(3-4-15(13)23-18)17-20-16(21-24-17)11-5-7-19-8-6-11/h3-9H,10H2,1-2H3. The van der Waals surface area contributed by atoms with E-state index in [0.29, 0.717) is 35.0 Å². The molecule has 0 radical (unpaired) electrons. The molecule has 0 spiro atoms. The Hall–Kier alpha value is -3.02. The molecule has 6 nitrogen and oxygen atoms in total. The lowest BCUT2D eigenvalue weighted by Crippen LogP contribution is -2.35. The van der Waals surface area contributed by atoms with E-state index in [1.165, 1.54) is 0 Å². The van der Waals surface area contributed by atoms with Gasteiger partial charge < -0.3 is 9.26 Å². The van der Waals surface area contributed by atoms with Crippen molar-refractivity contribution in [3.05, 3.63) is 48.3 Å². The van der Waals surface area contributed by atoms with Gasteiger partial charge in [0, 0.05) is 23.5 Å². The number of rotatable bonds is 2. The molecule has 0 fully saturated rings. The third-order valence-corrected chi connectivity index (χ3v) is 3.86. The summed E-state index contributed by atoms with van der Waals surface area (Å²) < 4.78 is 11.2. The molecule has 1 aliphatic heterocycles. The van der Waals surface area contributed by atoms with Crippen LogP contribution in [0.25, 0.3) is 22.8 Å². The Labute approximate surface area is 138 Å². The van der Waals surface area contributed by atoms with E-state index in [1.807, 2.05) is 19.9 Å². The highest BCUT2D eigenvalue weighted by Gasteiger charge is 2.32. The van der Waals surface area contributed by atoms with Crippen LogP contribution >= 0.6 is 0 Å². The van der Waals surface area contributed by atoms with Gasteiger partial charge in [0.15, 0.2) is 5.78 Å². The molecule has 120 valence electrons. The molecule has 1 aliphatic rings. The average Bonchev–Trinajstić information content (AvgIpc) is 3.04. The first-order chi connectivity index (χ1) is 11.5. The molecule has 0 saturated heterocycles. The molecular weight excluding hydrogens is 306 g/mol. The second-order valence-corrected chi connectivity index (χ2v) is 6.33. The minimum absolute atomic E-state index is 0.0528. The van der Waals surface area contributed by atoms with Crippen molar-refractivity contribution in [1.29, 1.82) is 0 Å². The predicted octanol–water partition coefficient (Wildman–Crippen LogP) is 3.54. The minimum Gasteiger partial charge on any atom is -0.487 e. The van der Waals surface area contributed by atoms with Gasteiger partial charge in [0.1, 0.15) is 11.4 Å². The van der Waals surface area contributed by atoms with Crippen LogP contribution in [-0.2, 0) is 0 Å². The van der Waals surface area contributed by atoms with Gasteiger partial charge in [-0.25, -0.2) is 0 Å². The molecule has 2 aromatic heterocycles. The summed E-state index contributed by atoms with van der Waals surface area (Å²) in [4.78, 5) is 20.7. The normalized spacial score (nSPS) is 15.7. The maximum atomic E-state index is 12.4. The number of nitrogens with zero attached hydrogens (tertiary/aromatic N) is 3. The summed E-state index contributed by atoms with van der Waals surface area (Å²) >= 11 is 0. The fourth-order valence-corrected chi connectivity index (χ4v) is 2.74. The van der Waals surface area contributed by atoms with Crippen molar-refractivity contribution < 1.29 is 14.1 Å². The summed E-state index contributed by atoms with van der Waals surface area (Å²) in [5.41, 5.74) is 1.58. The molecule has 6 heteroatoms. The number of ether oxygens (including phenoxy) is 1. The van der Waals surface area contributed by atoms with Crippen molar-refractivity contribution in [2.24, 2.45) is 0 Å². The molecule has 0 bridgehead atoms. The third-order valence-electron chi connectivity index (χ3n) is 3.86. The molecule has 0 atom stereocenters. The molecule has 0 amide bonds. The van der Waals surface area contributed by atoms with Crippen LogP contribution in [0.2, 0.25) is 0 Å². The first kappa shape index (κ1) is 14.6. The average molecular weight is 321 g/mol. The Morgan fingerprint density at radius 2 is 1.88 bits per heavy atom. The number of benzene rings is 1. The fraction of sp³-hybridized carbons (Fsp3) is 0.222. The van der Waals surface area contributed by atoms with Gasteiger partial charge in [0.2, 0.25) is 5.82 Å². The molecule has 0 N–H and O–H groups in total. The summed E-state index contributed by atoms with van der Waals surface area (Å²) in [6.07, 6.45) is 3.68. The van der Waals surface area contributed by atoms with Gasteiger partial charge in [0.25, 0.3) is 5.89 Å². The number of fused-ring (bicyclic) bond motifs is 1. The monoisotopic (exact) mass is 321 g/mol. The first-order valence-electron chi connectivity index (χ1n) is 7.63. The maximum Gasteiger partial charge on any atom is 0.258 e. The highest BCUT2D eigenvalue weighted by Crippen LogP contribution is 2.35. The fourth-order valence-electron chi connectivity index (χ4n) is 2.74. The van der Waals surface area contributed by atoms with Crippen LogP contribution in [0.15, 0.2) is 47.2 Å². The lowest BCUT2D eigenvalue weighted by atomic mass is 9.92. The van der Waals surface area contributed by atoms with Crippen molar-refractivity contribution in [3.63, 3.8) is 0 Å². The van der Waals surface area contributed by atoms with Crippen LogP contribution in [0.3, 0.4) is 0 Å². The minimum atomic E-state index is -0.482. The van der Waals surface area contributed by atoms with Crippen LogP contribution in [0.5, 0.6) is 5.75 Å². The molecule has 3 aromatic rings. The van der Waals surface area contributed by atoms with Gasteiger partial charge in [-0.3, -0.25) is 9.78 Å². The van der Waals surface area contributed by atoms with Crippen LogP contribution < -0.4 is 4.74 Å². The number of hydrogen-bond donors (Lipinski definition) is 0. The lowest BCUT2D eigenvalue weighted by molar-refractivity contribution is 0.0620. The third kappa shape index (κ3) is 2.56. The zero-order chi connectivity index (χ0) is 16.7. The summed E-state index contributed by atoms with van der Waals surface area (Å²) in [6, 6.07) is 8.95. The number of hydrogen-bond acceptors (Lipinski definition) is 6. The SMILES string of the molecule is CC1(C)CC(=O)c2cc(-c3nc(-c4ccncc4)no3)ccc2O1. The van der Waals surface area contributed by atoms with E-state index < -0.39 is 5.60 Å². The molecule has 0 saturated carbocycles. The van der Waals surface area contributed by atoms with Gasteiger partial charge in [-0.15, -0.1) is 0 Å². The Bertz CT molecular complexity index is 916. The predicted molar refractivity (Wildman–Crippen MR) is 86.6 cm³/mol. The quantitative estimate of drug-likeness (QED) is 0.718. The van der Waals surface area contributed by atoms with Gasteiger partial charge >= 0.3 is 0 Å². The van der Waals surface area contributed by atoms with Crippen LogP contribution in [0, 0.1) is 0 Å². The summed E-state index contributed by atoms with van der Waals surface area (Å²) in [5, 5.41) is 3.99. The van der Waals surface area contributed by atoms with Gasteiger partial charge in [-0.2, -0.15) is 4.98 Å². The summed E-state index contributed by atoms with van der Waals surface area (Å²) in [6.45, 7) is 3.81. The zero-order valence-electron chi connectivity index (χ0n) is 13.3. The van der Waals surface area contributed by atoms with E-state index in [-0.39, 0.29) is 5.78 Å². The van der Waals surface area contributed by atoms with Crippen molar-refractivity contribution in [1.82, 2.24) is 15.1 Å². The van der Waals surface area contributed by atoms with Crippen molar-refractivity contribution in [2.45, 2.75) is 25.9 Å². The second-order valence-electron chi connectivity index (χ2n) is 6.33. The summed E-state index contributed by atoms with van der Waals surface area (Å²) in [7, 11) is 0. The van der Waals surface area contributed by atoms with E-state index in [0.717, 1.165) is 5.56 Å². The molecule has 24 heavy (non-hydrogen) atoms. The number of Topliss-reactive ketones (excluding diaryl/α,β-unsaturated/α-hetero) is 1. The number of carbonyl (C=O) groups excluding carboxylic acids is 1. The molecule has 1 aromatic carbocycles. The van der Waals surface area contributed by atoms with Gasteiger partial charge in [-0.05, 0) is 44.2 Å². The molecular formula is C18H15N3O3. The zero-order valence-corrected chi connectivity index (χ0v) is 13.3. The highest BCUT2D eigenvalue weighted by atomic mass is 16.5. The van der Waals surface area contributed by atoms with Crippen LogP contribution in [0.4, 0.5) is 0 Å². The summed E-state index contributed by atoms with van der Waals surface area (Å²) in [5.74, 6) is 1.49. The number of aromatic nitrogens is 3.